The number of hydrogen-bond acceptors (Lipinski definition) is 3. The van der Waals surface area contributed by atoms with Crippen LogP contribution < -0.4 is 5.32 Å². The Morgan fingerprint density at radius 2 is 2.31 bits per heavy atom. The van der Waals surface area contributed by atoms with Crippen molar-refractivity contribution < 1.29 is 4.74 Å². The van der Waals surface area contributed by atoms with Gasteiger partial charge in [0.1, 0.15) is 6.61 Å². The van der Waals surface area contributed by atoms with E-state index in [1.54, 1.807) is 0 Å². The van der Waals surface area contributed by atoms with Crippen LogP contribution >= 0.6 is 0 Å². The molecule has 0 saturated heterocycles. The molecule has 0 spiro atoms. The summed E-state index contributed by atoms with van der Waals surface area (Å²) in [7, 11) is 0. The third-order valence-corrected chi connectivity index (χ3v) is 3.63. The summed E-state index contributed by atoms with van der Waals surface area (Å²) in [5, 5.41) is 3.44. The zero-order valence-corrected chi connectivity index (χ0v) is 7.83. The van der Waals surface area contributed by atoms with Crippen LogP contribution in [0.25, 0.3) is 0 Å². The molecule has 0 amide bonds. The number of aliphatic imine (C=N–C) groups is 1. The van der Waals surface area contributed by atoms with Crippen LogP contribution in [0.3, 0.4) is 0 Å². The number of fused-ring (bicyclic) bond motifs is 2. The standard InChI is InChI=1S/C10H16N2O/c1-2-8-5-7(1)6-9(8)12-10-11-3-4-13-10/h7-9H,1-6H2,(H,11,12)/t7?,8?,9-/m1/s1. The largest absolute Gasteiger partial charge is 0.463 e. The van der Waals surface area contributed by atoms with Crippen LogP contribution in [0.15, 0.2) is 4.99 Å². The lowest BCUT2D eigenvalue weighted by molar-refractivity contribution is 0.306. The monoisotopic (exact) mass is 180 g/mol. The molecule has 3 rings (SSSR count). The first-order valence-corrected chi connectivity index (χ1v) is 5.35. The topological polar surface area (TPSA) is 33.6 Å². The molecule has 2 bridgehead atoms. The fourth-order valence-electron chi connectivity index (χ4n) is 3.00. The molecule has 3 aliphatic rings. The van der Waals surface area contributed by atoms with Crippen molar-refractivity contribution in [1.82, 2.24) is 5.32 Å². The van der Waals surface area contributed by atoms with Crippen LogP contribution in [0, 0.1) is 11.8 Å². The van der Waals surface area contributed by atoms with E-state index >= 15 is 0 Å². The smallest absolute Gasteiger partial charge is 0.285 e. The summed E-state index contributed by atoms with van der Waals surface area (Å²) in [4.78, 5) is 4.27. The summed E-state index contributed by atoms with van der Waals surface area (Å²) < 4.78 is 5.36. The quantitative estimate of drug-likeness (QED) is 0.656. The van der Waals surface area contributed by atoms with Crippen molar-refractivity contribution in [2.24, 2.45) is 16.8 Å². The van der Waals surface area contributed by atoms with Gasteiger partial charge in [-0.05, 0) is 31.1 Å². The van der Waals surface area contributed by atoms with Crippen LogP contribution in [0.2, 0.25) is 0 Å². The van der Waals surface area contributed by atoms with Crippen molar-refractivity contribution in [3.63, 3.8) is 0 Å². The van der Waals surface area contributed by atoms with Gasteiger partial charge in [0.15, 0.2) is 0 Å². The van der Waals surface area contributed by atoms with Gasteiger partial charge >= 0.3 is 0 Å². The Hall–Kier alpha value is -0.730. The average Bonchev–Trinajstić information content (AvgIpc) is 2.77. The van der Waals surface area contributed by atoms with Gasteiger partial charge in [-0.25, -0.2) is 4.99 Å². The average molecular weight is 180 g/mol. The molecule has 3 heteroatoms. The van der Waals surface area contributed by atoms with Crippen LogP contribution in [-0.4, -0.2) is 25.2 Å². The number of rotatable bonds is 1. The van der Waals surface area contributed by atoms with E-state index in [1.165, 1.54) is 25.7 Å². The molecule has 1 N–H and O–H groups in total. The molecule has 1 aliphatic heterocycles. The molecule has 2 fully saturated rings. The molecule has 3 atom stereocenters. The van der Waals surface area contributed by atoms with Crippen LogP contribution in [0.4, 0.5) is 0 Å². The molecule has 2 unspecified atom stereocenters. The Labute approximate surface area is 78.6 Å². The Morgan fingerprint density at radius 1 is 1.31 bits per heavy atom. The summed E-state index contributed by atoms with van der Waals surface area (Å²) in [6, 6.07) is 1.47. The lowest BCUT2D eigenvalue weighted by atomic mass is 9.96. The van der Waals surface area contributed by atoms with E-state index in [2.05, 4.69) is 10.3 Å². The molecule has 1 heterocycles. The van der Waals surface area contributed by atoms with Gasteiger partial charge in [-0.3, -0.25) is 0 Å². The van der Waals surface area contributed by atoms with Crippen molar-refractivity contribution in [3.8, 4) is 0 Å². The Balaban J connectivity index is 1.61. The van der Waals surface area contributed by atoms with E-state index in [4.69, 9.17) is 4.74 Å². The van der Waals surface area contributed by atoms with Crippen LogP contribution in [-0.2, 0) is 4.74 Å². The predicted octanol–water partition coefficient (Wildman–Crippen LogP) is 1.15. The number of hydrogen-bond donors (Lipinski definition) is 1. The lowest BCUT2D eigenvalue weighted by Crippen LogP contribution is -2.38. The summed E-state index contributed by atoms with van der Waals surface area (Å²) in [6.45, 7) is 1.60. The zero-order valence-electron chi connectivity index (χ0n) is 7.83. The van der Waals surface area contributed by atoms with Gasteiger partial charge in [0.25, 0.3) is 6.02 Å². The van der Waals surface area contributed by atoms with Gasteiger partial charge in [-0.15, -0.1) is 0 Å². The Bertz CT molecular complexity index is 239. The molecule has 72 valence electrons. The van der Waals surface area contributed by atoms with Crippen LogP contribution in [0.5, 0.6) is 0 Å². The van der Waals surface area contributed by atoms with E-state index < -0.39 is 0 Å². The molecule has 13 heavy (non-hydrogen) atoms. The minimum Gasteiger partial charge on any atom is -0.463 e. The lowest BCUT2D eigenvalue weighted by Gasteiger charge is -2.22. The summed E-state index contributed by atoms with van der Waals surface area (Å²) in [6.07, 6.45) is 5.64. The maximum absolute atomic E-state index is 5.36. The molecule has 0 radical (unpaired) electrons. The maximum atomic E-state index is 5.36. The second kappa shape index (κ2) is 2.89. The number of amidine groups is 1. The van der Waals surface area contributed by atoms with Crippen molar-refractivity contribution in [1.29, 1.82) is 0 Å². The van der Waals surface area contributed by atoms with Gasteiger partial charge in [-0.2, -0.15) is 0 Å². The van der Waals surface area contributed by atoms with Crippen molar-refractivity contribution in [3.05, 3.63) is 0 Å². The van der Waals surface area contributed by atoms with E-state index in [0.29, 0.717) is 6.04 Å². The highest BCUT2D eigenvalue weighted by Gasteiger charge is 2.40. The molecular formula is C10H16N2O. The number of nitrogens with zero attached hydrogens (tertiary/aromatic N) is 1. The molecular weight excluding hydrogens is 164 g/mol. The van der Waals surface area contributed by atoms with E-state index in [0.717, 1.165) is 31.0 Å². The van der Waals surface area contributed by atoms with Crippen LogP contribution in [0.1, 0.15) is 25.7 Å². The van der Waals surface area contributed by atoms with Crippen molar-refractivity contribution in [2.75, 3.05) is 13.2 Å². The fraction of sp³-hybridized carbons (Fsp3) is 0.900. The molecule has 0 aromatic heterocycles. The van der Waals surface area contributed by atoms with Crippen molar-refractivity contribution >= 4 is 6.02 Å². The highest BCUT2D eigenvalue weighted by atomic mass is 16.5. The summed E-state index contributed by atoms with van der Waals surface area (Å²) in [5.74, 6) is 1.89. The van der Waals surface area contributed by atoms with Gasteiger partial charge in [0, 0.05) is 6.04 Å². The molecule has 3 nitrogen and oxygen atoms in total. The molecule has 0 aromatic rings. The van der Waals surface area contributed by atoms with Gasteiger partial charge < -0.3 is 10.1 Å². The minimum atomic E-state index is 0.663. The number of ether oxygens (including phenoxy) is 1. The third-order valence-electron chi connectivity index (χ3n) is 3.63. The minimum absolute atomic E-state index is 0.663. The van der Waals surface area contributed by atoms with Gasteiger partial charge in [-0.1, -0.05) is 6.42 Å². The first kappa shape index (κ1) is 7.65. The Kier molecular flexibility index (Phi) is 1.70. The normalized spacial score (nSPS) is 41.8. The van der Waals surface area contributed by atoms with E-state index in [9.17, 15) is 0 Å². The SMILES string of the molecule is C1COC(N[C@@H]2CC3CCC2C3)=N1. The maximum Gasteiger partial charge on any atom is 0.285 e. The summed E-state index contributed by atoms with van der Waals surface area (Å²) >= 11 is 0. The highest BCUT2D eigenvalue weighted by Crippen LogP contribution is 2.44. The van der Waals surface area contributed by atoms with Gasteiger partial charge in [0.05, 0.1) is 6.54 Å². The first-order valence-electron chi connectivity index (χ1n) is 5.35. The predicted molar refractivity (Wildman–Crippen MR) is 50.6 cm³/mol. The third kappa shape index (κ3) is 1.30. The summed E-state index contributed by atoms with van der Waals surface area (Å²) in [5.41, 5.74) is 0. The second-order valence-electron chi connectivity index (χ2n) is 4.46. The fourth-order valence-corrected chi connectivity index (χ4v) is 3.00. The number of nitrogens with one attached hydrogen (secondary N) is 1. The second-order valence-corrected chi connectivity index (χ2v) is 4.46. The molecule has 2 saturated carbocycles. The van der Waals surface area contributed by atoms with Gasteiger partial charge in [0.2, 0.25) is 0 Å². The van der Waals surface area contributed by atoms with E-state index in [-0.39, 0.29) is 0 Å². The Morgan fingerprint density at radius 3 is 2.92 bits per heavy atom. The first-order chi connectivity index (χ1) is 6.42. The highest BCUT2D eigenvalue weighted by molar-refractivity contribution is 5.75. The van der Waals surface area contributed by atoms with Crippen molar-refractivity contribution in [2.45, 2.75) is 31.7 Å². The van der Waals surface area contributed by atoms with E-state index in [1.807, 2.05) is 0 Å². The zero-order chi connectivity index (χ0) is 8.67. The molecule has 2 aliphatic carbocycles. The molecule has 0 aromatic carbocycles.